The third kappa shape index (κ3) is 7.55. The Hall–Kier alpha value is -1.52. The van der Waals surface area contributed by atoms with Crippen LogP contribution in [0.2, 0.25) is 0 Å². The summed E-state index contributed by atoms with van der Waals surface area (Å²) in [7, 11) is 0. The molecule has 0 aromatic carbocycles. The normalized spacial score (nSPS) is 15.7. The van der Waals surface area contributed by atoms with E-state index in [2.05, 4.69) is 28.4 Å². The summed E-state index contributed by atoms with van der Waals surface area (Å²) in [5.41, 5.74) is 5.66. The summed E-state index contributed by atoms with van der Waals surface area (Å²) < 4.78 is 7.52. The van der Waals surface area contributed by atoms with Gasteiger partial charge in [0.05, 0.1) is 0 Å². The zero-order valence-electron chi connectivity index (χ0n) is 17.0. The van der Waals surface area contributed by atoms with Crippen LogP contribution in [0.1, 0.15) is 40.4 Å². The second-order valence-corrected chi connectivity index (χ2v) is 8.02. The highest BCUT2D eigenvalue weighted by Gasteiger charge is 2.26. The third-order valence-corrected chi connectivity index (χ3v) is 4.00. The Kier molecular flexibility index (Phi) is 8.83. The molecule has 0 bridgehead atoms. The molecule has 2 N–H and O–H groups in total. The highest BCUT2D eigenvalue weighted by molar-refractivity contribution is 14.0. The Bertz CT molecular complexity index is 630. The number of piperazine rings is 1. The molecule has 0 radical (unpaired) electrons. The summed E-state index contributed by atoms with van der Waals surface area (Å²) in [6.45, 7) is 13.8. The molecule has 1 aromatic heterocycles. The van der Waals surface area contributed by atoms with Crippen LogP contribution >= 0.6 is 24.0 Å². The fourth-order valence-electron chi connectivity index (χ4n) is 2.75. The Morgan fingerprint density at radius 3 is 2.41 bits per heavy atom. The molecule has 8 nitrogen and oxygen atoms in total. The van der Waals surface area contributed by atoms with Crippen LogP contribution in [0.3, 0.4) is 0 Å². The maximum Gasteiger partial charge on any atom is 0.410 e. The maximum absolute atomic E-state index is 12.1. The van der Waals surface area contributed by atoms with E-state index in [0.717, 1.165) is 12.4 Å². The van der Waals surface area contributed by atoms with E-state index in [1.54, 1.807) is 11.1 Å². The molecule has 9 heteroatoms. The third-order valence-electron chi connectivity index (χ3n) is 4.00. The van der Waals surface area contributed by atoms with Gasteiger partial charge in [0.2, 0.25) is 0 Å². The van der Waals surface area contributed by atoms with E-state index in [1.807, 2.05) is 31.9 Å². The number of amides is 1. The molecule has 154 valence electrons. The fraction of sp³-hybridized carbons (Fsp3) is 0.722. The number of nitrogens with zero attached hydrogens (tertiary/aromatic N) is 5. The van der Waals surface area contributed by atoms with E-state index < -0.39 is 5.60 Å². The predicted molar refractivity (Wildman–Crippen MR) is 117 cm³/mol. The molecule has 0 saturated carbocycles. The van der Waals surface area contributed by atoms with Gasteiger partial charge in [0.25, 0.3) is 0 Å². The summed E-state index contributed by atoms with van der Waals surface area (Å²) in [6.07, 6.45) is 3.49. The topological polar surface area (TPSA) is 89.0 Å². The zero-order chi connectivity index (χ0) is 19.3. The molecule has 2 heterocycles. The number of carbonyl (C=O) groups excluding carboxylic acids is 1. The average molecular weight is 492 g/mol. The standard InChI is InChI=1S/C18H32N6O2.HI/c1-14(2)13-24-7-6-20-15(24)12-21-16(19)22-8-10-23(11-9-22)17(25)26-18(3,4)5;/h6-7,14H,8-13H2,1-5H3,(H2,19,21);1H. The van der Waals surface area contributed by atoms with Crippen LogP contribution in [0.25, 0.3) is 0 Å². The number of hydrogen-bond donors (Lipinski definition) is 1. The van der Waals surface area contributed by atoms with Crippen molar-refractivity contribution >= 4 is 36.0 Å². The SMILES string of the molecule is CC(C)Cn1ccnc1CN=C(N)N1CCN(C(=O)OC(C)(C)C)CC1.I. The largest absolute Gasteiger partial charge is 0.444 e. The summed E-state index contributed by atoms with van der Waals surface area (Å²) in [5, 5.41) is 0. The molecule has 1 aliphatic heterocycles. The van der Waals surface area contributed by atoms with Crippen molar-refractivity contribution in [1.29, 1.82) is 0 Å². The number of rotatable bonds is 4. The number of hydrogen-bond acceptors (Lipinski definition) is 4. The van der Waals surface area contributed by atoms with Gasteiger partial charge >= 0.3 is 6.09 Å². The molecular weight excluding hydrogens is 459 g/mol. The Morgan fingerprint density at radius 1 is 1.26 bits per heavy atom. The molecule has 0 aliphatic carbocycles. The highest BCUT2D eigenvalue weighted by Crippen LogP contribution is 2.12. The van der Waals surface area contributed by atoms with Gasteiger partial charge in [0.1, 0.15) is 18.0 Å². The molecule has 27 heavy (non-hydrogen) atoms. The van der Waals surface area contributed by atoms with Gasteiger partial charge in [-0.3, -0.25) is 0 Å². The number of aromatic nitrogens is 2. The Labute approximate surface area is 179 Å². The maximum atomic E-state index is 12.1. The van der Waals surface area contributed by atoms with E-state index in [9.17, 15) is 4.79 Å². The molecule has 0 atom stereocenters. The number of nitrogens with two attached hydrogens (primary N) is 1. The minimum Gasteiger partial charge on any atom is -0.444 e. The second-order valence-electron chi connectivity index (χ2n) is 8.02. The van der Waals surface area contributed by atoms with E-state index >= 15 is 0 Å². The van der Waals surface area contributed by atoms with E-state index in [-0.39, 0.29) is 30.1 Å². The van der Waals surface area contributed by atoms with Crippen molar-refractivity contribution in [3.8, 4) is 0 Å². The number of halogens is 1. The minimum absolute atomic E-state index is 0. The number of imidazole rings is 1. The smallest absolute Gasteiger partial charge is 0.410 e. The lowest BCUT2D eigenvalue weighted by molar-refractivity contribution is 0.0186. The van der Waals surface area contributed by atoms with Crippen molar-refractivity contribution < 1.29 is 9.53 Å². The summed E-state index contributed by atoms with van der Waals surface area (Å²) in [5.74, 6) is 1.95. The van der Waals surface area contributed by atoms with Gasteiger partial charge in [-0.1, -0.05) is 13.8 Å². The van der Waals surface area contributed by atoms with Crippen LogP contribution in [-0.2, 0) is 17.8 Å². The number of carbonyl (C=O) groups is 1. The van der Waals surface area contributed by atoms with Crippen LogP contribution in [0.4, 0.5) is 4.79 Å². The van der Waals surface area contributed by atoms with Crippen molar-refractivity contribution in [2.45, 2.75) is 53.3 Å². The van der Waals surface area contributed by atoms with Gasteiger partial charge in [-0.05, 0) is 26.7 Å². The van der Waals surface area contributed by atoms with Gasteiger partial charge in [0, 0.05) is 45.1 Å². The van der Waals surface area contributed by atoms with E-state index in [4.69, 9.17) is 10.5 Å². The lowest BCUT2D eigenvalue weighted by atomic mass is 10.2. The van der Waals surface area contributed by atoms with E-state index in [0.29, 0.717) is 44.6 Å². The second kappa shape index (κ2) is 10.1. The monoisotopic (exact) mass is 492 g/mol. The fourth-order valence-corrected chi connectivity index (χ4v) is 2.75. The van der Waals surface area contributed by atoms with Crippen LogP contribution in [-0.4, -0.2) is 63.2 Å². The van der Waals surface area contributed by atoms with Crippen LogP contribution in [0, 0.1) is 5.92 Å². The predicted octanol–water partition coefficient (Wildman–Crippen LogP) is 2.52. The van der Waals surface area contributed by atoms with Gasteiger partial charge in [0.15, 0.2) is 5.96 Å². The lowest BCUT2D eigenvalue weighted by Crippen LogP contribution is -2.53. The zero-order valence-corrected chi connectivity index (χ0v) is 19.3. The molecule has 1 amide bonds. The van der Waals surface area contributed by atoms with Crippen molar-refractivity contribution in [3.63, 3.8) is 0 Å². The summed E-state index contributed by atoms with van der Waals surface area (Å²) >= 11 is 0. The van der Waals surface area contributed by atoms with Crippen molar-refractivity contribution in [2.75, 3.05) is 26.2 Å². The van der Waals surface area contributed by atoms with Crippen LogP contribution in [0.5, 0.6) is 0 Å². The molecule has 2 rings (SSSR count). The quantitative estimate of drug-likeness (QED) is 0.397. The Balaban J connectivity index is 0.00000364. The Morgan fingerprint density at radius 2 is 1.85 bits per heavy atom. The van der Waals surface area contributed by atoms with Crippen molar-refractivity contribution in [3.05, 3.63) is 18.2 Å². The number of ether oxygens (including phenoxy) is 1. The van der Waals surface area contributed by atoms with Gasteiger partial charge in [-0.2, -0.15) is 0 Å². The molecule has 0 spiro atoms. The first-order chi connectivity index (χ1) is 12.2. The number of aliphatic imine (C=N–C) groups is 1. The van der Waals surface area contributed by atoms with Gasteiger partial charge < -0.3 is 24.8 Å². The van der Waals surface area contributed by atoms with Crippen LogP contribution < -0.4 is 5.73 Å². The molecule has 0 unspecified atom stereocenters. The van der Waals surface area contributed by atoms with Crippen molar-refractivity contribution in [2.24, 2.45) is 16.6 Å². The molecule has 1 saturated heterocycles. The van der Waals surface area contributed by atoms with Gasteiger partial charge in [-0.15, -0.1) is 24.0 Å². The first kappa shape index (κ1) is 23.5. The minimum atomic E-state index is -0.480. The molecule has 1 aromatic rings. The average Bonchev–Trinajstić information content (AvgIpc) is 2.97. The molecule has 1 aliphatic rings. The van der Waals surface area contributed by atoms with Gasteiger partial charge in [-0.25, -0.2) is 14.8 Å². The molecule has 1 fully saturated rings. The lowest BCUT2D eigenvalue weighted by Gasteiger charge is -2.36. The first-order valence-corrected chi connectivity index (χ1v) is 9.18. The number of guanidine groups is 1. The molecular formula is C18H33IN6O2. The highest BCUT2D eigenvalue weighted by atomic mass is 127. The van der Waals surface area contributed by atoms with Crippen molar-refractivity contribution in [1.82, 2.24) is 19.4 Å². The van der Waals surface area contributed by atoms with Crippen LogP contribution in [0.15, 0.2) is 17.4 Å². The first-order valence-electron chi connectivity index (χ1n) is 9.18. The summed E-state index contributed by atoms with van der Waals surface area (Å²) in [6, 6.07) is 0. The summed E-state index contributed by atoms with van der Waals surface area (Å²) in [4.78, 5) is 24.7. The van der Waals surface area contributed by atoms with E-state index in [1.165, 1.54) is 0 Å².